The highest BCUT2D eigenvalue weighted by molar-refractivity contribution is 7.15. The molecule has 27 heavy (non-hydrogen) atoms. The Bertz CT molecular complexity index is 948. The number of nitrogens with one attached hydrogen (secondary N) is 1. The summed E-state index contributed by atoms with van der Waals surface area (Å²) < 4.78 is 0. The van der Waals surface area contributed by atoms with Gasteiger partial charge in [0, 0.05) is 34.0 Å². The van der Waals surface area contributed by atoms with E-state index in [1.807, 2.05) is 30.3 Å². The number of hydrogen-bond acceptors (Lipinski definition) is 3. The molecule has 0 atom stereocenters. The van der Waals surface area contributed by atoms with Crippen molar-refractivity contribution in [2.24, 2.45) is 0 Å². The number of hydrogen-bond donors (Lipinski definition) is 1. The zero-order chi connectivity index (χ0) is 18.6. The molecule has 4 nitrogen and oxygen atoms in total. The van der Waals surface area contributed by atoms with E-state index in [9.17, 15) is 9.59 Å². The normalized spacial score (nSPS) is 13.8. The van der Waals surface area contributed by atoms with E-state index < -0.39 is 0 Å². The summed E-state index contributed by atoms with van der Waals surface area (Å²) in [5, 5.41) is 2.97. The van der Waals surface area contributed by atoms with Crippen LogP contribution in [-0.2, 0) is 11.3 Å². The molecule has 0 unspecified atom stereocenters. The van der Waals surface area contributed by atoms with Crippen molar-refractivity contribution in [2.75, 3.05) is 11.4 Å². The van der Waals surface area contributed by atoms with Gasteiger partial charge in [0.15, 0.2) is 0 Å². The molecule has 1 saturated heterocycles. The molecular weight excluding hydrogens is 356 g/mol. The Kier molecular flexibility index (Phi) is 5.03. The Hall–Kier alpha value is -2.92. The van der Waals surface area contributed by atoms with Gasteiger partial charge >= 0.3 is 0 Å². The molecule has 2 heterocycles. The van der Waals surface area contributed by atoms with Crippen LogP contribution < -0.4 is 10.2 Å². The van der Waals surface area contributed by atoms with Crippen LogP contribution in [0.25, 0.3) is 10.4 Å². The zero-order valence-electron chi connectivity index (χ0n) is 14.9. The van der Waals surface area contributed by atoms with E-state index >= 15 is 0 Å². The first kappa shape index (κ1) is 17.5. The lowest BCUT2D eigenvalue weighted by molar-refractivity contribution is -0.117. The first-order chi connectivity index (χ1) is 13.2. The molecule has 1 aliphatic rings. The van der Waals surface area contributed by atoms with E-state index in [4.69, 9.17) is 0 Å². The molecule has 3 aromatic rings. The predicted octanol–water partition coefficient (Wildman–Crippen LogP) is 4.47. The van der Waals surface area contributed by atoms with E-state index in [0.29, 0.717) is 18.5 Å². The molecule has 1 aliphatic heterocycles. The quantitative estimate of drug-likeness (QED) is 0.714. The van der Waals surface area contributed by atoms with Gasteiger partial charge in [-0.1, -0.05) is 30.3 Å². The molecule has 2 aromatic carbocycles. The third kappa shape index (κ3) is 3.93. The second-order valence-corrected chi connectivity index (χ2v) is 7.68. The molecule has 136 valence electrons. The van der Waals surface area contributed by atoms with Crippen molar-refractivity contribution in [3.05, 3.63) is 77.2 Å². The SMILES string of the molecule is O=C(NCc1ccc(-c2ccccc2)s1)c1ccc(N2CCCC2=O)cc1. The highest BCUT2D eigenvalue weighted by atomic mass is 32.1. The van der Waals surface area contributed by atoms with E-state index in [2.05, 4.69) is 29.6 Å². The smallest absolute Gasteiger partial charge is 0.251 e. The van der Waals surface area contributed by atoms with E-state index in [1.54, 1.807) is 28.4 Å². The summed E-state index contributed by atoms with van der Waals surface area (Å²) >= 11 is 1.68. The van der Waals surface area contributed by atoms with Crippen molar-refractivity contribution in [2.45, 2.75) is 19.4 Å². The van der Waals surface area contributed by atoms with Gasteiger partial charge in [0.25, 0.3) is 5.91 Å². The van der Waals surface area contributed by atoms with Gasteiger partial charge in [0.1, 0.15) is 0 Å². The minimum atomic E-state index is -0.107. The van der Waals surface area contributed by atoms with Crippen LogP contribution in [0.1, 0.15) is 28.1 Å². The van der Waals surface area contributed by atoms with Crippen LogP contribution in [0.5, 0.6) is 0 Å². The van der Waals surface area contributed by atoms with Crippen LogP contribution in [0.3, 0.4) is 0 Å². The highest BCUT2D eigenvalue weighted by Gasteiger charge is 2.21. The minimum Gasteiger partial charge on any atom is -0.347 e. The van der Waals surface area contributed by atoms with Crippen LogP contribution in [0, 0.1) is 0 Å². The minimum absolute atomic E-state index is 0.107. The first-order valence-electron chi connectivity index (χ1n) is 9.03. The number of rotatable bonds is 5. The molecule has 0 saturated carbocycles. The Morgan fingerprint density at radius 2 is 1.78 bits per heavy atom. The number of benzene rings is 2. The highest BCUT2D eigenvalue weighted by Crippen LogP contribution is 2.28. The topological polar surface area (TPSA) is 49.4 Å². The van der Waals surface area contributed by atoms with Crippen LogP contribution in [0.15, 0.2) is 66.7 Å². The van der Waals surface area contributed by atoms with Gasteiger partial charge in [-0.05, 0) is 48.4 Å². The first-order valence-corrected chi connectivity index (χ1v) is 9.85. The van der Waals surface area contributed by atoms with Gasteiger partial charge in [-0.25, -0.2) is 0 Å². The van der Waals surface area contributed by atoms with Gasteiger partial charge in [-0.15, -0.1) is 11.3 Å². The fourth-order valence-corrected chi connectivity index (χ4v) is 4.17. The van der Waals surface area contributed by atoms with E-state index in [-0.39, 0.29) is 11.8 Å². The summed E-state index contributed by atoms with van der Waals surface area (Å²) in [7, 11) is 0. The lowest BCUT2D eigenvalue weighted by Crippen LogP contribution is -2.24. The molecule has 2 amide bonds. The van der Waals surface area contributed by atoms with Crippen molar-refractivity contribution < 1.29 is 9.59 Å². The lowest BCUT2D eigenvalue weighted by Gasteiger charge is -2.15. The predicted molar refractivity (Wildman–Crippen MR) is 109 cm³/mol. The molecule has 0 radical (unpaired) electrons. The summed E-state index contributed by atoms with van der Waals surface area (Å²) in [5.41, 5.74) is 2.65. The average molecular weight is 376 g/mol. The van der Waals surface area contributed by atoms with E-state index in [1.165, 1.54) is 10.4 Å². The molecule has 1 fully saturated rings. The Morgan fingerprint density at radius 3 is 2.48 bits per heavy atom. The maximum absolute atomic E-state index is 12.4. The number of amides is 2. The summed E-state index contributed by atoms with van der Waals surface area (Å²) in [6, 6.07) is 21.6. The number of carbonyl (C=O) groups excluding carboxylic acids is 2. The van der Waals surface area contributed by atoms with Crippen molar-refractivity contribution in [3.8, 4) is 10.4 Å². The molecular formula is C22H20N2O2S. The monoisotopic (exact) mass is 376 g/mol. The van der Waals surface area contributed by atoms with Crippen molar-refractivity contribution in [3.63, 3.8) is 0 Å². The molecule has 0 spiro atoms. The Labute approximate surface area is 162 Å². The summed E-state index contributed by atoms with van der Waals surface area (Å²) in [6.45, 7) is 1.26. The van der Waals surface area contributed by atoms with Crippen LogP contribution in [0.4, 0.5) is 5.69 Å². The van der Waals surface area contributed by atoms with Gasteiger partial charge < -0.3 is 10.2 Å². The largest absolute Gasteiger partial charge is 0.347 e. The van der Waals surface area contributed by atoms with Crippen molar-refractivity contribution >= 4 is 28.8 Å². The number of anilines is 1. The van der Waals surface area contributed by atoms with E-state index in [0.717, 1.165) is 23.5 Å². The van der Waals surface area contributed by atoms with Gasteiger partial charge in [-0.2, -0.15) is 0 Å². The summed E-state index contributed by atoms with van der Waals surface area (Å²) in [5.74, 6) is 0.0445. The molecule has 0 aliphatic carbocycles. The second kappa shape index (κ2) is 7.76. The zero-order valence-corrected chi connectivity index (χ0v) is 15.7. The van der Waals surface area contributed by atoms with Crippen LogP contribution in [0.2, 0.25) is 0 Å². The second-order valence-electron chi connectivity index (χ2n) is 6.51. The van der Waals surface area contributed by atoms with Gasteiger partial charge in [-0.3, -0.25) is 9.59 Å². The number of carbonyl (C=O) groups is 2. The average Bonchev–Trinajstić information content (AvgIpc) is 3.36. The summed E-state index contributed by atoms with van der Waals surface area (Å²) in [4.78, 5) is 28.3. The third-order valence-electron chi connectivity index (χ3n) is 4.66. The fourth-order valence-electron chi connectivity index (χ4n) is 3.21. The van der Waals surface area contributed by atoms with Crippen LogP contribution >= 0.6 is 11.3 Å². The fraction of sp³-hybridized carbons (Fsp3) is 0.182. The molecule has 0 bridgehead atoms. The maximum atomic E-state index is 12.4. The summed E-state index contributed by atoms with van der Waals surface area (Å²) in [6.07, 6.45) is 1.50. The number of nitrogens with zero attached hydrogens (tertiary/aromatic N) is 1. The van der Waals surface area contributed by atoms with Gasteiger partial charge in [0.2, 0.25) is 5.91 Å². The number of thiophene rings is 1. The van der Waals surface area contributed by atoms with Crippen LogP contribution in [-0.4, -0.2) is 18.4 Å². The Morgan fingerprint density at radius 1 is 1.00 bits per heavy atom. The van der Waals surface area contributed by atoms with Crippen molar-refractivity contribution in [1.29, 1.82) is 0 Å². The lowest BCUT2D eigenvalue weighted by atomic mass is 10.2. The maximum Gasteiger partial charge on any atom is 0.251 e. The molecule has 5 heteroatoms. The molecule has 1 aromatic heterocycles. The van der Waals surface area contributed by atoms with Crippen molar-refractivity contribution in [1.82, 2.24) is 5.32 Å². The molecule has 4 rings (SSSR count). The van der Waals surface area contributed by atoms with Gasteiger partial charge in [0.05, 0.1) is 6.54 Å². The third-order valence-corrected chi connectivity index (χ3v) is 5.79. The standard InChI is InChI=1S/C22H20N2O2S/c25-21-7-4-14-24(21)18-10-8-17(9-11-18)22(26)23-15-19-12-13-20(27-19)16-5-2-1-3-6-16/h1-3,5-6,8-13H,4,7,14-15H2,(H,23,26). The molecule has 1 N–H and O–H groups in total. The Balaban J connectivity index is 1.37.